The molecule has 1 saturated heterocycles. The number of anilines is 2. The number of benzene rings is 1. The lowest BCUT2D eigenvalue weighted by molar-refractivity contribution is -0.0618. The van der Waals surface area contributed by atoms with Crippen LogP contribution in [0.1, 0.15) is 58.7 Å². The van der Waals surface area contributed by atoms with Gasteiger partial charge in [0, 0.05) is 16.7 Å². The molecule has 1 fully saturated rings. The molecule has 0 saturated carbocycles. The highest BCUT2D eigenvalue weighted by molar-refractivity contribution is 6.30. The number of amides is 1. The highest BCUT2D eigenvalue weighted by Crippen LogP contribution is 2.31. The topological polar surface area (TPSA) is 116 Å². The van der Waals surface area contributed by atoms with Crippen LogP contribution in [-0.4, -0.2) is 50.6 Å². The summed E-state index contributed by atoms with van der Waals surface area (Å²) in [7, 11) is 0. The monoisotopic (exact) mass is 536 g/mol. The lowest BCUT2D eigenvalue weighted by Gasteiger charge is -2.31. The van der Waals surface area contributed by atoms with Crippen LogP contribution in [0.15, 0.2) is 34.9 Å². The van der Waals surface area contributed by atoms with Gasteiger partial charge in [0.2, 0.25) is 17.7 Å². The smallest absolute Gasteiger partial charge is 0.416 e. The lowest BCUT2D eigenvalue weighted by Crippen LogP contribution is -2.45. The number of alkyl halides is 2. The number of carbonyl (C=O) groups excluding carboxylic acids is 1. The molecule has 3 atom stereocenters. The fourth-order valence-corrected chi connectivity index (χ4v) is 3.94. The molecule has 1 unspecified atom stereocenters. The van der Waals surface area contributed by atoms with E-state index in [-0.39, 0.29) is 24.3 Å². The largest absolute Gasteiger partial charge is 0.447 e. The van der Waals surface area contributed by atoms with E-state index in [1.165, 1.54) is 4.90 Å². The maximum absolute atomic E-state index is 13.7. The first-order chi connectivity index (χ1) is 17.4. The van der Waals surface area contributed by atoms with Crippen molar-refractivity contribution in [1.82, 2.24) is 20.1 Å². The van der Waals surface area contributed by atoms with Gasteiger partial charge in [0.1, 0.15) is 30.2 Å². The number of halogens is 3. The maximum Gasteiger partial charge on any atom is 0.416 e. The summed E-state index contributed by atoms with van der Waals surface area (Å²) in [6.07, 6.45) is -4.08. The molecule has 0 bridgehead atoms. The number of carbonyl (C=O) groups is 1. The summed E-state index contributed by atoms with van der Waals surface area (Å²) >= 11 is 5.92. The van der Waals surface area contributed by atoms with Crippen molar-refractivity contribution in [3.8, 4) is 11.4 Å². The van der Waals surface area contributed by atoms with Crippen molar-refractivity contribution in [2.45, 2.75) is 64.8 Å². The van der Waals surface area contributed by atoms with Crippen molar-refractivity contribution >= 4 is 29.5 Å². The molecule has 2 aromatic heterocycles. The van der Waals surface area contributed by atoms with E-state index in [9.17, 15) is 13.6 Å². The third-order valence-corrected chi connectivity index (χ3v) is 5.70. The lowest BCUT2D eigenvalue weighted by atomic mass is 10.1. The first-order valence-corrected chi connectivity index (χ1v) is 12.0. The van der Waals surface area contributed by atoms with Gasteiger partial charge >= 0.3 is 6.09 Å². The molecule has 0 aliphatic carbocycles. The Morgan fingerprint density at radius 2 is 1.86 bits per heavy atom. The van der Waals surface area contributed by atoms with Gasteiger partial charge in [0.25, 0.3) is 6.43 Å². The zero-order chi connectivity index (χ0) is 26.9. The van der Waals surface area contributed by atoms with E-state index >= 15 is 0 Å². The minimum absolute atomic E-state index is 0.0265. The maximum atomic E-state index is 13.7. The predicted molar refractivity (Wildman–Crippen MR) is 132 cm³/mol. The predicted octanol–water partition coefficient (Wildman–Crippen LogP) is 5.82. The first-order valence-electron chi connectivity index (χ1n) is 11.6. The van der Waals surface area contributed by atoms with Gasteiger partial charge < -0.3 is 19.3 Å². The van der Waals surface area contributed by atoms with Gasteiger partial charge in [-0.3, -0.25) is 4.90 Å². The molecule has 1 aromatic carbocycles. The van der Waals surface area contributed by atoms with Crippen LogP contribution in [0.3, 0.4) is 0 Å². The van der Waals surface area contributed by atoms with Crippen LogP contribution in [0.25, 0.3) is 11.4 Å². The van der Waals surface area contributed by atoms with E-state index in [0.717, 1.165) is 6.07 Å². The quantitative estimate of drug-likeness (QED) is 0.380. The van der Waals surface area contributed by atoms with Gasteiger partial charge in [0.05, 0.1) is 11.7 Å². The summed E-state index contributed by atoms with van der Waals surface area (Å²) in [4.78, 5) is 26.4. The Hall–Kier alpha value is -3.38. The number of nitrogens with zero attached hydrogens (tertiary/aromatic N) is 5. The van der Waals surface area contributed by atoms with Crippen LogP contribution >= 0.6 is 11.6 Å². The fraction of sp³-hybridized carbons (Fsp3) is 0.458. The van der Waals surface area contributed by atoms with Crippen molar-refractivity contribution < 1.29 is 27.6 Å². The molecular formula is C24H27ClF2N6O4. The second-order valence-corrected chi connectivity index (χ2v) is 9.99. The Balaban J connectivity index is 1.59. The number of hydrogen-bond donors (Lipinski definition) is 1. The minimum atomic E-state index is -2.90. The molecule has 13 heteroatoms. The second kappa shape index (κ2) is 10.5. The molecule has 0 radical (unpaired) electrons. The summed E-state index contributed by atoms with van der Waals surface area (Å²) in [5, 5.41) is 7.43. The van der Waals surface area contributed by atoms with Gasteiger partial charge in [-0.2, -0.15) is 9.97 Å². The highest BCUT2D eigenvalue weighted by Gasteiger charge is 2.41. The Bertz CT molecular complexity index is 1250. The zero-order valence-electron chi connectivity index (χ0n) is 20.9. The van der Waals surface area contributed by atoms with E-state index in [1.54, 1.807) is 38.1 Å². The Morgan fingerprint density at radius 1 is 1.16 bits per heavy atom. The van der Waals surface area contributed by atoms with Crippen LogP contribution in [0, 0.1) is 0 Å². The second-order valence-electron chi connectivity index (χ2n) is 9.55. The van der Waals surface area contributed by atoms with Crippen molar-refractivity contribution in [3.05, 3.63) is 46.9 Å². The van der Waals surface area contributed by atoms with Gasteiger partial charge in [0.15, 0.2) is 0 Å². The zero-order valence-corrected chi connectivity index (χ0v) is 21.7. The van der Waals surface area contributed by atoms with Gasteiger partial charge in [-0.1, -0.05) is 16.8 Å². The van der Waals surface area contributed by atoms with E-state index < -0.39 is 42.0 Å². The van der Waals surface area contributed by atoms with E-state index in [2.05, 4.69) is 25.4 Å². The third kappa shape index (κ3) is 6.31. The van der Waals surface area contributed by atoms with Crippen LogP contribution < -0.4 is 10.2 Å². The number of cyclic esters (lactones) is 1. The van der Waals surface area contributed by atoms with Crippen molar-refractivity contribution in [2.24, 2.45) is 0 Å². The average Bonchev–Trinajstić information content (AvgIpc) is 3.45. The third-order valence-electron chi connectivity index (χ3n) is 5.45. The normalized spacial score (nSPS) is 17.7. The number of nitrogens with one attached hydrogen (secondary N) is 1. The molecule has 1 N–H and O–H groups in total. The fourth-order valence-electron chi connectivity index (χ4n) is 3.82. The summed E-state index contributed by atoms with van der Waals surface area (Å²) in [6, 6.07) is 6.73. The molecule has 1 aliphatic heterocycles. The van der Waals surface area contributed by atoms with E-state index in [1.807, 2.05) is 20.8 Å². The van der Waals surface area contributed by atoms with Gasteiger partial charge in [-0.15, -0.1) is 0 Å². The summed E-state index contributed by atoms with van der Waals surface area (Å²) < 4.78 is 44.0. The molecular weight excluding hydrogens is 510 g/mol. The van der Waals surface area contributed by atoms with Crippen molar-refractivity contribution in [3.63, 3.8) is 0 Å². The number of ether oxygens (including phenoxy) is 2. The Labute approximate surface area is 217 Å². The molecule has 37 heavy (non-hydrogen) atoms. The van der Waals surface area contributed by atoms with Gasteiger partial charge in [-0.25, -0.2) is 18.6 Å². The van der Waals surface area contributed by atoms with Crippen LogP contribution in [-0.2, 0) is 9.47 Å². The number of hydrogen-bond acceptors (Lipinski definition) is 9. The minimum Gasteiger partial charge on any atom is -0.447 e. The Kier molecular flexibility index (Phi) is 7.60. The molecule has 198 valence electrons. The molecule has 10 nitrogen and oxygen atoms in total. The molecule has 1 amide bonds. The standard InChI is InChI=1S/C24H27ClF2N6O4/c1-12(21-31-20(32-37-21)14-6-8-15(25)9-7-14)28-22-29-16(19(26)27)10-18(30-22)33-17(11-35-23(33)34)13(2)36-24(3,4)5/h6-10,12-13,17,19H,11H2,1-5H3,(H,28,29,30)/t12-,13+,17?/m0/s1. The number of rotatable bonds is 8. The van der Waals surface area contributed by atoms with Crippen LogP contribution in [0.2, 0.25) is 5.02 Å². The molecule has 3 heterocycles. The van der Waals surface area contributed by atoms with E-state index in [0.29, 0.717) is 16.4 Å². The summed E-state index contributed by atoms with van der Waals surface area (Å²) in [5.74, 6) is 0.334. The molecule has 1 aliphatic rings. The Morgan fingerprint density at radius 3 is 2.51 bits per heavy atom. The van der Waals surface area contributed by atoms with Crippen molar-refractivity contribution in [1.29, 1.82) is 0 Å². The summed E-state index contributed by atoms with van der Waals surface area (Å²) in [5.41, 5.74) is -0.363. The number of aromatic nitrogens is 4. The molecule has 4 rings (SSSR count). The molecule has 3 aromatic rings. The molecule has 0 spiro atoms. The van der Waals surface area contributed by atoms with Gasteiger partial charge in [-0.05, 0) is 58.9 Å². The van der Waals surface area contributed by atoms with E-state index in [4.69, 9.17) is 25.6 Å². The first kappa shape index (κ1) is 26.7. The highest BCUT2D eigenvalue weighted by atomic mass is 35.5. The van der Waals surface area contributed by atoms with Crippen LogP contribution in [0.4, 0.5) is 25.3 Å². The summed E-state index contributed by atoms with van der Waals surface area (Å²) in [6.45, 7) is 9.14. The average molecular weight is 537 g/mol. The van der Waals surface area contributed by atoms with Crippen LogP contribution in [0.5, 0.6) is 0 Å². The SMILES string of the molecule is C[C@H](Nc1nc(C(F)F)cc(N2C(=O)OCC2[C@@H](C)OC(C)(C)C)n1)c1nc(-c2ccc(Cl)cc2)no1. The van der Waals surface area contributed by atoms with Crippen molar-refractivity contribution in [2.75, 3.05) is 16.8 Å².